The number of rotatable bonds is 6. The Morgan fingerprint density at radius 3 is 1.67 bits per heavy atom. The molecule has 0 atom stereocenters. The molecule has 0 spiro atoms. The molecule has 0 saturated carbocycles. The zero-order chi connectivity index (χ0) is 45.6. The van der Waals surface area contributed by atoms with Crippen LogP contribution in [0.5, 0.6) is 0 Å². The van der Waals surface area contributed by atoms with Crippen molar-refractivity contribution in [2.24, 2.45) is 0 Å². The van der Waals surface area contributed by atoms with Gasteiger partial charge in [-0.25, -0.2) is 15.0 Å². The molecular formula is C45H29N3S. The Balaban J connectivity index is 1.31. The second kappa shape index (κ2) is 12.4. The highest BCUT2D eigenvalue weighted by Gasteiger charge is 2.15. The average molecular weight is 659 g/mol. The maximum Gasteiger partial charge on any atom is 0.164 e. The Morgan fingerprint density at radius 2 is 0.939 bits per heavy atom. The number of hydrogen-bond donors (Lipinski definition) is 0. The van der Waals surface area contributed by atoms with Crippen LogP contribution in [-0.2, 0) is 0 Å². The van der Waals surface area contributed by atoms with Crippen LogP contribution in [0.3, 0.4) is 0 Å². The molecule has 230 valence electrons. The van der Waals surface area contributed by atoms with E-state index in [1.165, 1.54) is 0 Å². The van der Waals surface area contributed by atoms with E-state index in [1.54, 1.807) is 24.3 Å². The van der Waals surface area contributed by atoms with E-state index >= 15 is 0 Å². The Kier molecular flexibility index (Phi) is 4.37. The molecule has 4 heteroatoms. The maximum absolute atomic E-state index is 9.57. The van der Waals surface area contributed by atoms with Gasteiger partial charge in [-0.15, -0.1) is 11.3 Å². The number of thiophene rings is 1. The number of aromatic nitrogens is 3. The summed E-state index contributed by atoms with van der Waals surface area (Å²) < 4.78 is 133. The molecule has 0 aliphatic heterocycles. The molecule has 3 nitrogen and oxygen atoms in total. The van der Waals surface area contributed by atoms with Crippen molar-refractivity contribution >= 4 is 31.5 Å². The molecule has 9 aromatic rings. The summed E-state index contributed by atoms with van der Waals surface area (Å²) in [7, 11) is 0. The summed E-state index contributed by atoms with van der Waals surface area (Å²) in [6.45, 7) is 0. The quantitative estimate of drug-likeness (QED) is 0.178. The first kappa shape index (κ1) is 17.3. The van der Waals surface area contributed by atoms with E-state index in [1.807, 2.05) is 60.7 Å². The molecule has 0 N–H and O–H groups in total. The third-order valence-electron chi connectivity index (χ3n) is 7.84. The van der Waals surface area contributed by atoms with Crippen molar-refractivity contribution in [1.82, 2.24) is 15.0 Å². The predicted octanol–water partition coefficient (Wildman–Crippen LogP) is 12.2. The minimum absolute atomic E-state index is 0.0557. The van der Waals surface area contributed by atoms with Crippen LogP contribution in [0, 0.1) is 0 Å². The Morgan fingerprint density at radius 1 is 0.388 bits per heavy atom. The van der Waals surface area contributed by atoms with Crippen molar-refractivity contribution < 1.29 is 20.6 Å². The third kappa shape index (κ3) is 5.58. The van der Waals surface area contributed by atoms with Crippen molar-refractivity contribution in [3.8, 4) is 67.5 Å². The van der Waals surface area contributed by atoms with Crippen LogP contribution in [0.4, 0.5) is 0 Å². The zero-order valence-corrected chi connectivity index (χ0v) is 26.1. The van der Waals surface area contributed by atoms with Gasteiger partial charge in [-0.2, -0.15) is 0 Å². The Bertz CT molecular complexity index is 3410. The highest BCUT2D eigenvalue weighted by molar-refractivity contribution is 7.26. The van der Waals surface area contributed by atoms with E-state index in [9.17, 15) is 5.48 Å². The summed E-state index contributed by atoms with van der Waals surface area (Å²) in [5.41, 5.74) is 1.12. The van der Waals surface area contributed by atoms with Crippen molar-refractivity contribution in [3.05, 3.63) is 176 Å². The van der Waals surface area contributed by atoms with Gasteiger partial charge in [0.1, 0.15) is 0 Å². The van der Waals surface area contributed by atoms with Crippen LogP contribution in [0.15, 0.2) is 176 Å². The van der Waals surface area contributed by atoms with Crippen LogP contribution in [0.2, 0.25) is 0 Å². The number of benzene rings is 7. The van der Waals surface area contributed by atoms with Crippen LogP contribution < -0.4 is 0 Å². The van der Waals surface area contributed by atoms with Gasteiger partial charge in [-0.05, 0) is 51.5 Å². The fourth-order valence-electron chi connectivity index (χ4n) is 5.49. The minimum atomic E-state index is -0.715. The highest BCUT2D eigenvalue weighted by Crippen LogP contribution is 2.41. The number of nitrogens with zero attached hydrogens (tertiary/aromatic N) is 3. The van der Waals surface area contributed by atoms with Crippen molar-refractivity contribution in [2.75, 3.05) is 0 Å². The molecule has 0 amide bonds. The topological polar surface area (TPSA) is 38.7 Å². The normalized spacial score (nSPS) is 15.6. The number of fused-ring (bicyclic) bond motifs is 3. The smallest absolute Gasteiger partial charge is 0.164 e. The summed E-state index contributed by atoms with van der Waals surface area (Å²) in [4.78, 5) is 14.1. The van der Waals surface area contributed by atoms with Gasteiger partial charge in [0.15, 0.2) is 17.5 Å². The second-order valence-corrected chi connectivity index (χ2v) is 11.9. The maximum atomic E-state index is 9.57. The SMILES string of the molecule is [2H]c1c([2H])c([2H])c(-c2c([2H])c([2H])c([2H])c3sc4c([2H])c(-c5c([2H])c([2H])c([2H])c(-c6nc(-c7ccccc7)nc(-c7ccc(-c8ccccc8)cc7)n6)c5[2H])c([2H])c([2H])c4c23)c([2H])c1[2H]. The van der Waals surface area contributed by atoms with Crippen molar-refractivity contribution in [2.45, 2.75) is 0 Å². The summed E-state index contributed by atoms with van der Waals surface area (Å²) in [6.07, 6.45) is 0. The van der Waals surface area contributed by atoms with Gasteiger partial charge in [0.05, 0.1) is 20.6 Å². The number of hydrogen-bond acceptors (Lipinski definition) is 4. The van der Waals surface area contributed by atoms with Gasteiger partial charge >= 0.3 is 0 Å². The van der Waals surface area contributed by atoms with Gasteiger partial charge in [0, 0.05) is 36.9 Å². The van der Waals surface area contributed by atoms with Gasteiger partial charge < -0.3 is 0 Å². The molecule has 0 unspecified atom stereocenters. The second-order valence-electron chi connectivity index (χ2n) is 10.9. The molecule has 7 aromatic carbocycles. The molecular weight excluding hydrogens is 615 g/mol. The molecule has 0 aliphatic carbocycles. The lowest BCUT2D eigenvalue weighted by Gasteiger charge is -2.10. The first-order valence-electron chi connectivity index (χ1n) is 22.6. The zero-order valence-electron chi connectivity index (χ0n) is 40.3. The molecule has 0 fully saturated rings. The van der Waals surface area contributed by atoms with E-state index in [4.69, 9.17) is 25.0 Å². The lowest BCUT2D eigenvalue weighted by atomic mass is 9.97. The van der Waals surface area contributed by atoms with E-state index in [-0.39, 0.29) is 48.8 Å². The molecule has 9 rings (SSSR count). The van der Waals surface area contributed by atoms with Gasteiger partial charge in [-0.3, -0.25) is 0 Å². The van der Waals surface area contributed by atoms with Crippen LogP contribution in [-0.4, -0.2) is 15.0 Å². The largest absolute Gasteiger partial charge is 0.208 e. The first-order valence-corrected chi connectivity index (χ1v) is 16.0. The first-order chi connectivity index (χ1) is 30.5. The van der Waals surface area contributed by atoms with Crippen LogP contribution >= 0.6 is 11.3 Å². The molecule has 0 saturated heterocycles. The lowest BCUT2D eigenvalue weighted by Crippen LogP contribution is -2.00. The van der Waals surface area contributed by atoms with E-state index in [2.05, 4.69) is 4.98 Å². The molecule has 2 heterocycles. The van der Waals surface area contributed by atoms with E-state index < -0.39 is 107 Å². The molecule has 0 radical (unpaired) electrons. The Hall–Kier alpha value is -6.23. The third-order valence-corrected chi connectivity index (χ3v) is 8.86. The highest BCUT2D eigenvalue weighted by atomic mass is 32.1. The summed E-state index contributed by atoms with van der Waals surface area (Å²) in [6, 6.07) is 16.5. The Labute approximate surface area is 310 Å². The van der Waals surface area contributed by atoms with Crippen molar-refractivity contribution in [3.63, 3.8) is 0 Å². The minimum Gasteiger partial charge on any atom is -0.208 e. The molecule has 49 heavy (non-hydrogen) atoms. The molecule has 0 bridgehead atoms. The average Bonchev–Trinajstić information content (AvgIpc) is 3.72. The summed E-state index contributed by atoms with van der Waals surface area (Å²) in [5.74, 6) is 0.165. The molecule has 2 aromatic heterocycles. The summed E-state index contributed by atoms with van der Waals surface area (Å²) in [5, 5.41) is -0.302. The molecule has 0 aliphatic rings. The predicted molar refractivity (Wildman–Crippen MR) is 205 cm³/mol. The fraction of sp³-hybridized carbons (Fsp3) is 0. The standard InChI is InChI=1S/C45H29N3S/c1-4-12-30(13-5-1)31-22-24-34(25-23-31)44-46-43(33-16-8-3-9-17-33)47-45(48-44)37-19-10-18-35(28-37)36-26-27-39-41(29-36)49-40-21-11-20-38(42(39)40)32-14-6-2-7-15-32/h1-29H/i2D,6D,7D,10D,11D,14D,15D,18D,19D,20D,21D,26D,27D,28D,29D. The van der Waals surface area contributed by atoms with Crippen molar-refractivity contribution in [1.29, 1.82) is 0 Å². The monoisotopic (exact) mass is 658 g/mol. The van der Waals surface area contributed by atoms with Gasteiger partial charge in [0.2, 0.25) is 0 Å². The van der Waals surface area contributed by atoms with Crippen LogP contribution in [0.1, 0.15) is 20.6 Å². The van der Waals surface area contributed by atoms with E-state index in [0.717, 1.165) is 22.5 Å². The fourth-order valence-corrected chi connectivity index (χ4v) is 6.51. The lowest BCUT2D eigenvalue weighted by molar-refractivity contribution is 1.07. The van der Waals surface area contributed by atoms with Crippen LogP contribution in [0.25, 0.3) is 87.7 Å². The van der Waals surface area contributed by atoms with E-state index in [0.29, 0.717) is 11.1 Å². The summed E-state index contributed by atoms with van der Waals surface area (Å²) >= 11 is 0.746. The van der Waals surface area contributed by atoms with Gasteiger partial charge in [0.25, 0.3) is 0 Å². The van der Waals surface area contributed by atoms with Gasteiger partial charge in [-0.1, -0.05) is 157 Å².